The van der Waals surface area contributed by atoms with Crippen LogP contribution in [-0.2, 0) is 32.9 Å². The van der Waals surface area contributed by atoms with Gasteiger partial charge in [0.2, 0.25) is 0 Å². The van der Waals surface area contributed by atoms with Gasteiger partial charge in [-0.05, 0) is 54.1 Å². The summed E-state index contributed by atoms with van der Waals surface area (Å²) >= 11 is -1.86. The molecule has 1 aliphatic rings. The van der Waals surface area contributed by atoms with Crippen molar-refractivity contribution in [3.8, 4) is 0 Å². The van der Waals surface area contributed by atoms with Crippen LogP contribution < -0.4 is 0 Å². The highest BCUT2D eigenvalue weighted by Crippen LogP contribution is 2.54. The molecule has 0 aliphatic carbocycles. The van der Waals surface area contributed by atoms with Gasteiger partial charge in [0.15, 0.2) is 9.64 Å². The topological polar surface area (TPSA) is 35.5 Å². The van der Waals surface area contributed by atoms with Gasteiger partial charge >= 0.3 is 12.4 Å². The van der Waals surface area contributed by atoms with E-state index in [0.717, 1.165) is 30.3 Å². The Morgan fingerprint density at radius 3 is 1.90 bits per heavy atom. The molecule has 0 N–H and O–H groups in total. The van der Waals surface area contributed by atoms with Gasteiger partial charge in [-0.1, -0.05) is 37.3 Å². The van der Waals surface area contributed by atoms with Gasteiger partial charge in [-0.25, -0.2) is 13.2 Å². The zero-order chi connectivity index (χ0) is 30.2. The average molecular weight is 610 g/mol. The summed E-state index contributed by atoms with van der Waals surface area (Å²) in [5.41, 5.74) is -7.19. The molecule has 0 amide bonds. The predicted octanol–water partition coefficient (Wildman–Crippen LogP) is 7.37. The Bertz CT molecular complexity index is 1310. The minimum atomic E-state index is -6.09. The lowest BCUT2D eigenvalue weighted by molar-refractivity contribution is -0.392. The quantitative estimate of drug-likeness (QED) is 0.198. The van der Waals surface area contributed by atoms with Crippen molar-refractivity contribution in [2.75, 3.05) is 19.6 Å². The number of halogens is 9. The SMILES string of the molecule is CCN1CC[C@@](c2ccc(C(OCc3c(F)cccc3F)(C(F)(F)F)C(F)(F)F)cc2)([S+]([O-])c2ccc(F)cc2)C1. The van der Waals surface area contributed by atoms with Gasteiger partial charge in [-0.2, -0.15) is 26.3 Å². The molecule has 4 rings (SSSR count). The number of hydrogen-bond donors (Lipinski definition) is 0. The van der Waals surface area contributed by atoms with Crippen molar-refractivity contribution in [2.45, 2.75) is 47.5 Å². The van der Waals surface area contributed by atoms with Crippen LogP contribution in [0, 0.1) is 17.5 Å². The Kier molecular flexibility index (Phi) is 8.75. The lowest BCUT2D eigenvalue weighted by Gasteiger charge is -2.38. The summed E-state index contributed by atoms with van der Waals surface area (Å²) in [5, 5.41) is 0. The standard InChI is InChI=1S/C28H24F9NO2S/c1-2-38-15-14-25(17-38,41(39)21-12-10-20(29)11-13-21)18-6-8-19(9-7-18)26(27(32,33)34,28(35,36)37)40-16-22-23(30)4-3-5-24(22)31/h3-13H,2,14-17H2,1H3/t25-,41?/m1/s1. The third-order valence-corrected chi connectivity index (χ3v) is 9.23. The maximum absolute atomic E-state index is 14.3. The van der Waals surface area contributed by atoms with Crippen LogP contribution in [0.1, 0.15) is 30.0 Å². The molecule has 0 saturated carbocycles. The van der Waals surface area contributed by atoms with Crippen LogP contribution >= 0.6 is 0 Å². The Balaban J connectivity index is 1.79. The second-order valence-electron chi connectivity index (χ2n) is 9.58. The van der Waals surface area contributed by atoms with E-state index >= 15 is 0 Å². The fraction of sp³-hybridized carbons (Fsp3) is 0.357. The Morgan fingerprint density at radius 1 is 0.854 bits per heavy atom. The first-order valence-corrected chi connectivity index (χ1v) is 13.5. The maximum atomic E-state index is 14.3. The molecule has 41 heavy (non-hydrogen) atoms. The largest absolute Gasteiger partial charge is 0.611 e. The number of rotatable bonds is 8. The van der Waals surface area contributed by atoms with E-state index in [9.17, 15) is 44.1 Å². The fourth-order valence-electron chi connectivity index (χ4n) is 5.00. The maximum Gasteiger partial charge on any atom is 0.430 e. The van der Waals surface area contributed by atoms with E-state index in [1.807, 2.05) is 11.8 Å². The van der Waals surface area contributed by atoms with E-state index in [1.165, 1.54) is 12.1 Å². The molecule has 3 aromatic carbocycles. The van der Waals surface area contributed by atoms with Gasteiger partial charge in [0.25, 0.3) is 5.60 Å². The van der Waals surface area contributed by atoms with Crippen molar-refractivity contribution in [1.82, 2.24) is 4.90 Å². The van der Waals surface area contributed by atoms with Crippen LogP contribution in [0.15, 0.2) is 71.6 Å². The first-order valence-electron chi connectivity index (χ1n) is 12.4. The van der Waals surface area contributed by atoms with Crippen LogP contribution in [0.4, 0.5) is 39.5 Å². The van der Waals surface area contributed by atoms with E-state index in [-0.39, 0.29) is 23.4 Å². The molecule has 1 aliphatic heterocycles. The van der Waals surface area contributed by atoms with Gasteiger partial charge in [0.05, 0.1) is 13.2 Å². The lowest BCUT2D eigenvalue weighted by Crippen LogP contribution is -2.56. The molecular weight excluding hydrogens is 585 g/mol. The third kappa shape index (κ3) is 5.69. The summed E-state index contributed by atoms with van der Waals surface area (Å²) in [6.45, 7) is 1.36. The molecule has 13 heteroatoms. The number of likely N-dealkylation sites (N-methyl/N-ethyl adjacent to an activating group) is 1. The van der Waals surface area contributed by atoms with Crippen LogP contribution in [-0.4, -0.2) is 41.4 Å². The summed E-state index contributed by atoms with van der Waals surface area (Å²) < 4.78 is 144. The zero-order valence-corrected chi connectivity index (χ0v) is 22.3. The molecule has 1 fully saturated rings. The molecule has 1 unspecified atom stereocenters. The Hall–Kier alpha value is -2.74. The van der Waals surface area contributed by atoms with Crippen molar-refractivity contribution in [3.05, 3.63) is 101 Å². The molecule has 3 nitrogen and oxygen atoms in total. The van der Waals surface area contributed by atoms with Crippen LogP contribution in [0.3, 0.4) is 0 Å². The van der Waals surface area contributed by atoms with E-state index in [1.54, 1.807) is 0 Å². The molecule has 222 valence electrons. The van der Waals surface area contributed by atoms with E-state index < -0.39 is 69.1 Å². The van der Waals surface area contributed by atoms with Crippen molar-refractivity contribution >= 4 is 11.2 Å². The number of ether oxygens (including phenoxy) is 1. The first kappa shape index (κ1) is 31.2. The van der Waals surface area contributed by atoms with Crippen LogP contribution in [0.5, 0.6) is 0 Å². The normalized spacial score (nSPS) is 19.5. The molecule has 1 heterocycles. The summed E-state index contributed by atoms with van der Waals surface area (Å²) in [7, 11) is 0. The van der Waals surface area contributed by atoms with Crippen molar-refractivity contribution < 1.29 is 48.8 Å². The van der Waals surface area contributed by atoms with Gasteiger partial charge in [0.1, 0.15) is 17.5 Å². The lowest BCUT2D eigenvalue weighted by atomic mass is 9.88. The van der Waals surface area contributed by atoms with Crippen molar-refractivity contribution in [3.63, 3.8) is 0 Å². The minimum Gasteiger partial charge on any atom is -0.611 e. The number of likely N-dealkylation sites (tertiary alicyclic amines) is 1. The molecular formula is C28H24F9NO2S. The smallest absolute Gasteiger partial charge is 0.430 e. The highest BCUT2D eigenvalue weighted by molar-refractivity contribution is 7.92. The predicted molar refractivity (Wildman–Crippen MR) is 133 cm³/mol. The monoisotopic (exact) mass is 609 g/mol. The summed E-state index contributed by atoms with van der Waals surface area (Å²) in [4.78, 5) is 2.17. The Labute approximate surface area is 233 Å². The molecule has 2 atom stereocenters. The van der Waals surface area contributed by atoms with Gasteiger partial charge in [0, 0.05) is 29.7 Å². The van der Waals surface area contributed by atoms with Crippen LogP contribution in [0.25, 0.3) is 0 Å². The van der Waals surface area contributed by atoms with Gasteiger partial charge in [-0.3, -0.25) is 4.90 Å². The van der Waals surface area contributed by atoms with Crippen LogP contribution in [0.2, 0.25) is 0 Å². The average Bonchev–Trinajstić information content (AvgIpc) is 3.35. The Morgan fingerprint density at radius 2 is 1.41 bits per heavy atom. The number of nitrogens with zero attached hydrogens (tertiary/aromatic N) is 1. The molecule has 1 saturated heterocycles. The number of benzene rings is 3. The summed E-state index contributed by atoms with van der Waals surface area (Å²) in [6, 6.07) is 10.3. The second kappa shape index (κ2) is 11.5. The van der Waals surface area contributed by atoms with Crippen molar-refractivity contribution in [1.29, 1.82) is 0 Å². The summed E-state index contributed by atoms with van der Waals surface area (Å²) in [5.74, 6) is -3.31. The van der Waals surface area contributed by atoms with E-state index in [2.05, 4.69) is 4.74 Å². The summed E-state index contributed by atoms with van der Waals surface area (Å²) in [6.07, 6.45) is -11.9. The molecule has 3 aromatic rings. The second-order valence-corrected chi connectivity index (χ2v) is 11.4. The highest BCUT2D eigenvalue weighted by atomic mass is 32.2. The fourth-order valence-corrected chi connectivity index (χ4v) is 6.76. The van der Waals surface area contributed by atoms with E-state index in [4.69, 9.17) is 0 Å². The number of alkyl halides is 6. The number of hydrogen-bond acceptors (Lipinski definition) is 3. The molecule has 0 aromatic heterocycles. The van der Waals surface area contributed by atoms with E-state index in [0.29, 0.717) is 37.4 Å². The minimum absolute atomic E-state index is 0.180. The third-order valence-electron chi connectivity index (χ3n) is 7.25. The van der Waals surface area contributed by atoms with Crippen molar-refractivity contribution in [2.24, 2.45) is 0 Å². The molecule has 0 bridgehead atoms. The highest BCUT2D eigenvalue weighted by Gasteiger charge is 2.73. The zero-order valence-electron chi connectivity index (χ0n) is 21.5. The first-order chi connectivity index (χ1) is 19.2. The van der Waals surface area contributed by atoms with Gasteiger partial charge < -0.3 is 9.29 Å². The molecule has 0 spiro atoms. The van der Waals surface area contributed by atoms with Gasteiger partial charge in [-0.15, -0.1) is 0 Å². The molecule has 0 radical (unpaired) electrons.